The predicted octanol–water partition coefficient (Wildman–Crippen LogP) is -0.218. The molecule has 52 valence electrons. The van der Waals surface area contributed by atoms with Crippen molar-refractivity contribution in [2.45, 2.75) is 6.42 Å². The molecule has 4 heteroatoms. The summed E-state index contributed by atoms with van der Waals surface area (Å²) in [5.41, 5.74) is 0. The first kappa shape index (κ1) is 6.77. The molecule has 1 rings (SSSR count). The first-order valence-electron chi connectivity index (χ1n) is 2.99. The maximum absolute atomic E-state index is 5.40. The lowest BCUT2D eigenvalue weighted by atomic mass is 10.2. The SMILES string of the molecule is CN(N)C(=S)N1CCC1. The van der Waals surface area contributed by atoms with Gasteiger partial charge in [-0.2, -0.15) is 0 Å². The van der Waals surface area contributed by atoms with E-state index >= 15 is 0 Å². The third kappa shape index (κ3) is 1.31. The molecule has 0 atom stereocenters. The van der Waals surface area contributed by atoms with Crippen LogP contribution in [0.2, 0.25) is 0 Å². The number of hydrogen-bond acceptors (Lipinski definition) is 2. The fourth-order valence-corrected chi connectivity index (χ4v) is 0.913. The van der Waals surface area contributed by atoms with E-state index in [0.717, 1.165) is 18.2 Å². The Morgan fingerprint density at radius 3 is 2.33 bits per heavy atom. The molecule has 0 aliphatic carbocycles. The second kappa shape index (κ2) is 2.49. The molecule has 0 spiro atoms. The Hall–Kier alpha value is -0.350. The van der Waals surface area contributed by atoms with Crippen molar-refractivity contribution < 1.29 is 0 Å². The molecule has 1 fully saturated rings. The lowest BCUT2D eigenvalue weighted by molar-refractivity contribution is 0.268. The Bertz CT molecular complexity index is 119. The van der Waals surface area contributed by atoms with Gasteiger partial charge in [-0.25, -0.2) is 5.84 Å². The van der Waals surface area contributed by atoms with E-state index in [4.69, 9.17) is 18.1 Å². The highest BCUT2D eigenvalue weighted by Gasteiger charge is 2.17. The summed E-state index contributed by atoms with van der Waals surface area (Å²) in [6.45, 7) is 2.14. The predicted molar refractivity (Wildman–Crippen MR) is 40.7 cm³/mol. The van der Waals surface area contributed by atoms with Gasteiger partial charge in [0.2, 0.25) is 0 Å². The molecule has 1 aliphatic heterocycles. The van der Waals surface area contributed by atoms with Gasteiger partial charge in [-0.05, 0) is 18.6 Å². The Balaban J connectivity index is 2.32. The van der Waals surface area contributed by atoms with Crippen LogP contribution >= 0.6 is 12.2 Å². The van der Waals surface area contributed by atoms with Gasteiger partial charge < -0.3 is 4.90 Å². The van der Waals surface area contributed by atoms with Crippen LogP contribution in [0.4, 0.5) is 0 Å². The van der Waals surface area contributed by atoms with Gasteiger partial charge in [0.25, 0.3) is 0 Å². The van der Waals surface area contributed by atoms with Crippen molar-refractivity contribution in [3.63, 3.8) is 0 Å². The smallest absolute Gasteiger partial charge is 0.185 e. The van der Waals surface area contributed by atoms with E-state index in [1.54, 1.807) is 7.05 Å². The molecule has 0 aromatic rings. The highest BCUT2D eigenvalue weighted by molar-refractivity contribution is 7.80. The molecule has 0 aromatic carbocycles. The summed E-state index contributed by atoms with van der Waals surface area (Å²) in [4.78, 5) is 2.08. The molecule has 1 heterocycles. The van der Waals surface area contributed by atoms with Crippen LogP contribution in [0.25, 0.3) is 0 Å². The van der Waals surface area contributed by atoms with Crippen LogP contribution in [0.3, 0.4) is 0 Å². The van der Waals surface area contributed by atoms with Gasteiger partial charge in [0.05, 0.1) is 0 Å². The third-order valence-corrected chi connectivity index (χ3v) is 1.97. The molecule has 1 aliphatic rings. The van der Waals surface area contributed by atoms with E-state index in [9.17, 15) is 0 Å². The van der Waals surface area contributed by atoms with E-state index in [1.165, 1.54) is 11.4 Å². The normalized spacial score (nSPS) is 16.9. The van der Waals surface area contributed by atoms with E-state index in [-0.39, 0.29) is 0 Å². The van der Waals surface area contributed by atoms with Crippen LogP contribution in [0, 0.1) is 0 Å². The lowest BCUT2D eigenvalue weighted by Crippen LogP contribution is -2.50. The van der Waals surface area contributed by atoms with Crippen LogP contribution < -0.4 is 5.84 Å². The van der Waals surface area contributed by atoms with Gasteiger partial charge in [0, 0.05) is 20.1 Å². The first-order chi connectivity index (χ1) is 4.22. The quantitative estimate of drug-likeness (QED) is 0.290. The van der Waals surface area contributed by atoms with Gasteiger partial charge >= 0.3 is 0 Å². The number of hydrogen-bond donors (Lipinski definition) is 1. The van der Waals surface area contributed by atoms with Crippen molar-refractivity contribution >= 4 is 17.3 Å². The van der Waals surface area contributed by atoms with Crippen LogP contribution in [-0.4, -0.2) is 35.2 Å². The molecular weight excluding hydrogens is 134 g/mol. The minimum atomic E-state index is 0.751. The zero-order chi connectivity index (χ0) is 6.85. The Labute approximate surface area is 60.4 Å². The fourth-order valence-electron chi connectivity index (χ4n) is 0.731. The molecule has 2 N–H and O–H groups in total. The maximum atomic E-state index is 5.40. The molecule has 0 unspecified atom stereocenters. The van der Waals surface area contributed by atoms with E-state index in [1.807, 2.05) is 0 Å². The molecule has 0 saturated carbocycles. The Morgan fingerprint density at radius 2 is 2.22 bits per heavy atom. The van der Waals surface area contributed by atoms with Gasteiger partial charge in [-0.15, -0.1) is 0 Å². The Kier molecular flexibility index (Phi) is 1.87. The van der Waals surface area contributed by atoms with Gasteiger partial charge in [0.15, 0.2) is 5.11 Å². The van der Waals surface area contributed by atoms with Crippen LogP contribution in [0.1, 0.15) is 6.42 Å². The van der Waals surface area contributed by atoms with Crippen molar-refractivity contribution in [1.29, 1.82) is 0 Å². The van der Waals surface area contributed by atoms with Crippen molar-refractivity contribution in [2.24, 2.45) is 5.84 Å². The lowest BCUT2D eigenvalue weighted by Gasteiger charge is -2.35. The average Bonchev–Trinajstić information content (AvgIpc) is 1.60. The number of rotatable bonds is 0. The molecule has 1 saturated heterocycles. The monoisotopic (exact) mass is 145 g/mol. The van der Waals surface area contributed by atoms with Crippen molar-refractivity contribution in [3.8, 4) is 0 Å². The van der Waals surface area contributed by atoms with E-state index < -0.39 is 0 Å². The Morgan fingerprint density at radius 1 is 1.67 bits per heavy atom. The van der Waals surface area contributed by atoms with Gasteiger partial charge in [-0.3, -0.25) is 5.01 Å². The van der Waals surface area contributed by atoms with Crippen LogP contribution in [-0.2, 0) is 0 Å². The van der Waals surface area contributed by atoms with Crippen molar-refractivity contribution in [3.05, 3.63) is 0 Å². The molecule has 9 heavy (non-hydrogen) atoms. The van der Waals surface area contributed by atoms with Gasteiger partial charge in [0.1, 0.15) is 0 Å². The summed E-state index contributed by atoms with van der Waals surface area (Å²) >= 11 is 4.98. The standard InChI is InChI=1S/C5H11N3S/c1-7(6)5(9)8-3-2-4-8/h2-4,6H2,1H3. The minimum Gasteiger partial charge on any atom is -0.348 e. The van der Waals surface area contributed by atoms with Crippen molar-refractivity contribution in [1.82, 2.24) is 9.91 Å². The summed E-state index contributed by atoms with van der Waals surface area (Å²) in [5.74, 6) is 5.40. The largest absolute Gasteiger partial charge is 0.348 e. The maximum Gasteiger partial charge on any atom is 0.185 e. The molecule has 0 radical (unpaired) electrons. The number of hydrazine groups is 1. The van der Waals surface area contributed by atoms with E-state index in [0.29, 0.717) is 0 Å². The topological polar surface area (TPSA) is 32.5 Å². The summed E-state index contributed by atoms with van der Waals surface area (Å²) in [5, 5.41) is 2.23. The van der Waals surface area contributed by atoms with E-state index in [2.05, 4.69) is 4.90 Å². The summed E-state index contributed by atoms with van der Waals surface area (Å²) in [6.07, 6.45) is 1.24. The summed E-state index contributed by atoms with van der Waals surface area (Å²) in [7, 11) is 1.76. The fraction of sp³-hybridized carbons (Fsp3) is 0.800. The molecule has 0 amide bonds. The third-order valence-electron chi connectivity index (χ3n) is 1.43. The summed E-state index contributed by atoms with van der Waals surface area (Å²) < 4.78 is 0. The molecule has 3 nitrogen and oxygen atoms in total. The van der Waals surface area contributed by atoms with Crippen LogP contribution in [0.5, 0.6) is 0 Å². The number of likely N-dealkylation sites (tertiary alicyclic amines) is 1. The molecular formula is C5H11N3S. The first-order valence-corrected chi connectivity index (χ1v) is 3.40. The van der Waals surface area contributed by atoms with Crippen LogP contribution in [0.15, 0.2) is 0 Å². The minimum absolute atomic E-state index is 0.751. The summed E-state index contributed by atoms with van der Waals surface area (Å²) in [6, 6.07) is 0. The van der Waals surface area contributed by atoms with Gasteiger partial charge in [-0.1, -0.05) is 0 Å². The average molecular weight is 145 g/mol. The highest BCUT2D eigenvalue weighted by Crippen LogP contribution is 2.06. The second-order valence-electron chi connectivity index (χ2n) is 2.23. The molecule has 0 aromatic heterocycles. The zero-order valence-corrected chi connectivity index (χ0v) is 6.32. The zero-order valence-electron chi connectivity index (χ0n) is 5.50. The molecule has 0 bridgehead atoms. The highest BCUT2D eigenvalue weighted by atomic mass is 32.1. The number of nitrogens with two attached hydrogens (primary N) is 1. The number of thiocarbonyl (C=S) groups is 1. The number of nitrogens with zero attached hydrogens (tertiary/aromatic N) is 2. The second-order valence-corrected chi connectivity index (χ2v) is 2.60. The van der Waals surface area contributed by atoms with Crippen molar-refractivity contribution in [2.75, 3.05) is 20.1 Å².